The minimum absolute atomic E-state index is 0.0509. The quantitative estimate of drug-likeness (QED) is 0.883. The van der Waals surface area contributed by atoms with Crippen LogP contribution < -0.4 is 14.4 Å². The highest BCUT2D eigenvalue weighted by Crippen LogP contribution is 2.37. The molecule has 3 rings (SSSR count). The van der Waals surface area contributed by atoms with Crippen LogP contribution in [0.25, 0.3) is 0 Å². The van der Waals surface area contributed by atoms with Gasteiger partial charge in [0.2, 0.25) is 10.0 Å². The smallest absolute Gasteiger partial charge is 0.263 e. The van der Waals surface area contributed by atoms with E-state index >= 15 is 0 Å². The van der Waals surface area contributed by atoms with Crippen LogP contribution in [0.15, 0.2) is 18.2 Å². The minimum atomic E-state index is -3.54. The number of fused-ring (bicyclic) bond motifs is 1. The maximum absolute atomic E-state index is 12.5. The van der Waals surface area contributed by atoms with E-state index in [-0.39, 0.29) is 18.5 Å². The van der Waals surface area contributed by atoms with Crippen LogP contribution in [0.3, 0.4) is 0 Å². The van der Waals surface area contributed by atoms with E-state index in [1.807, 2.05) is 0 Å². The summed E-state index contributed by atoms with van der Waals surface area (Å²) in [5.74, 6) is 0.0796. The Bertz CT molecular complexity index is 732. The number of hydrogen-bond donors (Lipinski definition) is 1. The lowest BCUT2D eigenvalue weighted by molar-refractivity contribution is -0.128. The number of hydrogen-bond acceptors (Lipinski definition) is 4. The van der Waals surface area contributed by atoms with Gasteiger partial charge in [0.05, 0.1) is 18.5 Å². The first-order chi connectivity index (χ1) is 11.3. The third kappa shape index (κ3) is 3.78. The largest absolute Gasteiger partial charge is 0.476 e. The van der Waals surface area contributed by atoms with Crippen LogP contribution in [0.2, 0.25) is 5.02 Å². The molecule has 0 bridgehead atoms. The van der Waals surface area contributed by atoms with Gasteiger partial charge in [-0.15, -0.1) is 0 Å². The summed E-state index contributed by atoms with van der Waals surface area (Å²) < 4.78 is 31.2. The number of ether oxygens (including phenoxy) is 1. The van der Waals surface area contributed by atoms with E-state index in [9.17, 15) is 13.2 Å². The zero-order valence-electron chi connectivity index (χ0n) is 13.5. The van der Waals surface area contributed by atoms with Gasteiger partial charge < -0.3 is 10.1 Å². The van der Waals surface area contributed by atoms with E-state index in [0.29, 0.717) is 16.5 Å². The second kappa shape index (κ2) is 6.80. The Morgan fingerprint density at radius 1 is 1.29 bits per heavy atom. The topological polar surface area (TPSA) is 75.7 Å². The SMILES string of the molecule is CS(=O)(=O)N1CC(C(=O)NC2CCCCC2)Oc2ccc(Cl)cc21. The first-order valence-corrected chi connectivity index (χ1v) is 10.3. The lowest BCUT2D eigenvalue weighted by Gasteiger charge is -2.35. The molecule has 24 heavy (non-hydrogen) atoms. The van der Waals surface area contributed by atoms with Crippen molar-refractivity contribution >= 4 is 33.2 Å². The number of carbonyl (C=O) groups is 1. The molecule has 0 spiro atoms. The van der Waals surface area contributed by atoms with Crippen LogP contribution in [0.1, 0.15) is 32.1 Å². The number of rotatable bonds is 3. The van der Waals surface area contributed by atoms with E-state index < -0.39 is 16.1 Å². The van der Waals surface area contributed by atoms with Gasteiger partial charge in [0.1, 0.15) is 5.75 Å². The van der Waals surface area contributed by atoms with Gasteiger partial charge in [-0.25, -0.2) is 8.42 Å². The van der Waals surface area contributed by atoms with Gasteiger partial charge in [-0.05, 0) is 31.0 Å². The lowest BCUT2D eigenvalue weighted by Crippen LogP contribution is -2.52. The monoisotopic (exact) mass is 372 g/mol. The summed E-state index contributed by atoms with van der Waals surface area (Å²) >= 11 is 5.96. The van der Waals surface area contributed by atoms with E-state index in [1.165, 1.54) is 16.8 Å². The fraction of sp³-hybridized carbons (Fsp3) is 0.562. The van der Waals surface area contributed by atoms with Crippen LogP contribution in [0.4, 0.5) is 5.69 Å². The first-order valence-electron chi connectivity index (χ1n) is 8.09. The average Bonchev–Trinajstić information content (AvgIpc) is 2.53. The van der Waals surface area contributed by atoms with Crippen LogP contribution in [-0.2, 0) is 14.8 Å². The maximum Gasteiger partial charge on any atom is 0.263 e. The molecule has 1 fully saturated rings. The van der Waals surface area contributed by atoms with E-state index in [4.69, 9.17) is 16.3 Å². The number of anilines is 1. The van der Waals surface area contributed by atoms with E-state index in [0.717, 1.165) is 31.9 Å². The minimum Gasteiger partial charge on any atom is -0.476 e. The van der Waals surface area contributed by atoms with E-state index in [1.54, 1.807) is 12.1 Å². The molecule has 6 nitrogen and oxygen atoms in total. The van der Waals surface area contributed by atoms with Crippen molar-refractivity contribution in [2.45, 2.75) is 44.2 Å². The summed E-state index contributed by atoms with van der Waals surface area (Å²) in [7, 11) is -3.54. The van der Waals surface area contributed by atoms with Gasteiger partial charge in [0, 0.05) is 11.1 Å². The summed E-state index contributed by atoms with van der Waals surface area (Å²) in [6, 6.07) is 4.89. The molecule has 1 aliphatic heterocycles. The lowest BCUT2D eigenvalue weighted by atomic mass is 9.95. The Morgan fingerprint density at radius 3 is 2.67 bits per heavy atom. The number of amides is 1. The van der Waals surface area contributed by atoms with Crippen LogP contribution in [0, 0.1) is 0 Å². The summed E-state index contributed by atoms with van der Waals surface area (Å²) in [4.78, 5) is 12.5. The number of carbonyl (C=O) groups excluding carboxylic acids is 1. The molecular weight excluding hydrogens is 352 g/mol. The maximum atomic E-state index is 12.5. The number of nitrogens with zero attached hydrogens (tertiary/aromatic N) is 1. The van der Waals surface area contributed by atoms with Gasteiger partial charge in [0.25, 0.3) is 5.91 Å². The van der Waals surface area contributed by atoms with Crippen molar-refractivity contribution in [2.24, 2.45) is 0 Å². The molecule has 1 aromatic rings. The summed E-state index contributed by atoms with van der Waals surface area (Å²) in [5.41, 5.74) is 0.367. The number of benzene rings is 1. The standard InChI is InChI=1S/C16H21ClN2O4S/c1-24(21,22)19-10-15(16(20)18-12-5-3-2-4-6-12)23-14-8-7-11(17)9-13(14)19/h7-9,12,15H,2-6,10H2,1H3,(H,18,20). The van der Waals surface area contributed by atoms with Crippen LogP contribution in [0.5, 0.6) is 5.75 Å². The summed E-state index contributed by atoms with van der Waals surface area (Å²) in [5, 5.41) is 3.40. The predicted octanol–water partition coefficient (Wildman–Crippen LogP) is 2.32. The van der Waals surface area contributed by atoms with Crippen molar-refractivity contribution in [3.63, 3.8) is 0 Å². The Morgan fingerprint density at radius 2 is 2.00 bits per heavy atom. The Balaban J connectivity index is 1.81. The Hall–Kier alpha value is -1.47. The van der Waals surface area contributed by atoms with Gasteiger partial charge in [-0.2, -0.15) is 0 Å². The van der Waals surface area contributed by atoms with Gasteiger partial charge in [0.15, 0.2) is 6.10 Å². The third-order valence-corrected chi connectivity index (χ3v) is 5.82. The molecule has 2 aliphatic rings. The first kappa shape index (κ1) is 17.4. The summed E-state index contributed by atoms with van der Waals surface area (Å²) in [6.45, 7) is -0.0509. The molecule has 1 atom stereocenters. The molecule has 1 heterocycles. The molecule has 132 valence electrons. The van der Waals surface area contributed by atoms with Crippen molar-refractivity contribution in [1.29, 1.82) is 0 Å². The number of sulfonamides is 1. The highest BCUT2D eigenvalue weighted by atomic mass is 35.5. The molecule has 1 saturated carbocycles. The zero-order chi connectivity index (χ0) is 17.3. The molecular formula is C16H21ClN2O4S. The second-order valence-corrected chi connectivity index (χ2v) is 8.70. The van der Waals surface area contributed by atoms with E-state index in [2.05, 4.69) is 5.32 Å². The fourth-order valence-corrected chi connectivity index (χ4v) is 4.29. The summed E-state index contributed by atoms with van der Waals surface area (Å²) in [6.07, 6.45) is 5.57. The van der Waals surface area contributed by atoms with Gasteiger partial charge in [-0.3, -0.25) is 9.10 Å². The molecule has 0 aromatic heterocycles. The van der Waals surface area contributed by atoms with Gasteiger partial charge in [-0.1, -0.05) is 30.9 Å². The Labute approximate surface area is 147 Å². The van der Waals surface area contributed by atoms with Crippen molar-refractivity contribution in [3.05, 3.63) is 23.2 Å². The molecule has 0 radical (unpaired) electrons. The van der Waals surface area contributed by atoms with Crippen molar-refractivity contribution < 1.29 is 17.9 Å². The molecule has 1 aliphatic carbocycles. The highest BCUT2D eigenvalue weighted by molar-refractivity contribution is 7.92. The normalized spacial score (nSPS) is 21.8. The molecule has 1 aromatic carbocycles. The highest BCUT2D eigenvalue weighted by Gasteiger charge is 2.35. The molecule has 1 N–H and O–H groups in total. The Kier molecular flexibility index (Phi) is 4.92. The average molecular weight is 373 g/mol. The molecule has 8 heteroatoms. The van der Waals surface area contributed by atoms with Crippen LogP contribution in [-0.4, -0.2) is 39.3 Å². The predicted molar refractivity (Wildman–Crippen MR) is 93.1 cm³/mol. The molecule has 1 unspecified atom stereocenters. The molecule has 1 amide bonds. The van der Waals surface area contributed by atoms with Crippen LogP contribution >= 0.6 is 11.6 Å². The number of nitrogens with one attached hydrogen (secondary N) is 1. The fourth-order valence-electron chi connectivity index (χ4n) is 3.22. The number of halogens is 1. The zero-order valence-corrected chi connectivity index (χ0v) is 15.1. The second-order valence-electron chi connectivity index (χ2n) is 6.36. The van der Waals surface area contributed by atoms with Crippen molar-refractivity contribution in [2.75, 3.05) is 17.1 Å². The van der Waals surface area contributed by atoms with Crippen molar-refractivity contribution in [1.82, 2.24) is 5.32 Å². The van der Waals surface area contributed by atoms with Crippen molar-refractivity contribution in [3.8, 4) is 5.75 Å². The molecule has 0 saturated heterocycles. The third-order valence-electron chi connectivity index (χ3n) is 4.43. The van der Waals surface area contributed by atoms with Gasteiger partial charge >= 0.3 is 0 Å².